The van der Waals surface area contributed by atoms with Gasteiger partial charge in [0.1, 0.15) is 0 Å². The van der Waals surface area contributed by atoms with E-state index in [2.05, 4.69) is 20.9 Å². The third-order valence-electron chi connectivity index (χ3n) is 3.73. The number of rotatable bonds is 5. The second kappa shape index (κ2) is 8.11. The van der Waals surface area contributed by atoms with Gasteiger partial charge in [-0.25, -0.2) is 9.78 Å². The molecule has 2 aromatic rings. The van der Waals surface area contributed by atoms with Crippen molar-refractivity contribution in [2.75, 3.05) is 5.32 Å². The summed E-state index contributed by atoms with van der Waals surface area (Å²) < 4.78 is 0. The Morgan fingerprint density at radius 2 is 1.80 bits per heavy atom. The third-order valence-corrected chi connectivity index (χ3v) is 4.99. The van der Waals surface area contributed by atoms with Gasteiger partial charge in [0.05, 0.1) is 22.8 Å². The van der Waals surface area contributed by atoms with Gasteiger partial charge in [0.2, 0.25) is 5.91 Å². The second-order valence-corrected chi connectivity index (χ2v) is 7.29. The molecule has 0 aliphatic carbocycles. The molecular weight excluding hydrogens is 336 g/mol. The van der Waals surface area contributed by atoms with Gasteiger partial charge >= 0.3 is 6.03 Å². The van der Waals surface area contributed by atoms with Gasteiger partial charge in [-0.05, 0) is 45.4 Å². The van der Waals surface area contributed by atoms with Crippen LogP contribution in [-0.2, 0) is 4.79 Å². The summed E-state index contributed by atoms with van der Waals surface area (Å²) in [6.07, 6.45) is 0. The molecule has 2 atom stereocenters. The molecule has 0 saturated carbocycles. The van der Waals surface area contributed by atoms with Crippen molar-refractivity contribution in [1.29, 1.82) is 0 Å². The van der Waals surface area contributed by atoms with Crippen molar-refractivity contribution in [2.45, 2.75) is 46.7 Å². The average Bonchev–Trinajstić information content (AvgIpc) is 2.85. The van der Waals surface area contributed by atoms with Gasteiger partial charge in [-0.15, -0.1) is 11.3 Å². The fourth-order valence-electron chi connectivity index (χ4n) is 2.62. The van der Waals surface area contributed by atoms with Crippen molar-refractivity contribution in [3.8, 4) is 0 Å². The van der Waals surface area contributed by atoms with Crippen LogP contribution in [0, 0.1) is 13.8 Å². The molecule has 0 bridgehead atoms. The lowest BCUT2D eigenvalue weighted by molar-refractivity contribution is -0.114. The van der Waals surface area contributed by atoms with Crippen molar-refractivity contribution in [3.05, 3.63) is 45.4 Å². The van der Waals surface area contributed by atoms with E-state index in [-0.39, 0.29) is 24.0 Å². The molecule has 134 valence electrons. The first-order valence-corrected chi connectivity index (χ1v) is 8.96. The van der Waals surface area contributed by atoms with Crippen LogP contribution in [-0.4, -0.2) is 16.9 Å². The summed E-state index contributed by atoms with van der Waals surface area (Å²) in [4.78, 5) is 28.9. The average molecular weight is 360 g/mol. The van der Waals surface area contributed by atoms with E-state index in [9.17, 15) is 9.59 Å². The zero-order chi connectivity index (χ0) is 18.6. The zero-order valence-corrected chi connectivity index (χ0v) is 16.0. The number of aromatic nitrogens is 1. The lowest BCUT2D eigenvalue weighted by Crippen LogP contribution is -2.38. The number of carbonyl (C=O) groups excluding carboxylic acids is 2. The minimum atomic E-state index is -0.240. The highest BCUT2D eigenvalue weighted by atomic mass is 32.1. The minimum Gasteiger partial charge on any atom is -0.332 e. The highest BCUT2D eigenvalue weighted by molar-refractivity contribution is 7.11. The normalized spacial score (nSPS) is 13.0. The van der Waals surface area contributed by atoms with Crippen LogP contribution in [0.2, 0.25) is 0 Å². The number of hydrogen-bond acceptors (Lipinski definition) is 4. The lowest BCUT2D eigenvalue weighted by Gasteiger charge is -2.18. The minimum absolute atomic E-state index is 0.107. The van der Waals surface area contributed by atoms with Crippen molar-refractivity contribution < 1.29 is 9.59 Å². The van der Waals surface area contributed by atoms with E-state index in [1.165, 1.54) is 6.92 Å². The van der Waals surface area contributed by atoms with Crippen LogP contribution in [0.15, 0.2) is 24.3 Å². The van der Waals surface area contributed by atoms with Crippen LogP contribution in [0.25, 0.3) is 0 Å². The molecule has 25 heavy (non-hydrogen) atoms. The van der Waals surface area contributed by atoms with E-state index < -0.39 is 0 Å². The summed E-state index contributed by atoms with van der Waals surface area (Å²) in [5.74, 6) is -0.125. The number of aryl methyl sites for hydroxylation is 2. The van der Waals surface area contributed by atoms with E-state index in [1.807, 2.05) is 52.0 Å². The first-order valence-electron chi connectivity index (χ1n) is 8.14. The van der Waals surface area contributed by atoms with Crippen LogP contribution < -0.4 is 16.0 Å². The standard InChI is InChI=1S/C18H24N4O2S/c1-10(15-7-6-8-16(9-15)22-13(4)23)20-18(24)21-12(3)17-11(2)19-14(5)25-17/h6-10,12H,1-5H3,(H,22,23)(H2,20,21,24). The van der Waals surface area contributed by atoms with Gasteiger partial charge in [-0.1, -0.05) is 12.1 Å². The van der Waals surface area contributed by atoms with Crippen LogP contribution in [0.1, 0.15) is 54.0 Å². The van der Waals surface area contributed by atoms with E-state index in [4.69, 9.17) is 0 Å². The summed E-state index contributed by atoms with van der Waals surface area (Å²) in [6.45, 7) is 9.22. The van der Waals surface area contributed by atoms with Gasteiger partial charge in [0.25, 0.3) is 0 Å². The molecule has 2 unspecified atom stereocenters. The maximum absolute atomic E-state index is 12.3. The Bertz CT molecular complexity index is 772. The molecule has 1 heterocycles. The van der Waals surface area contributed by atoms with Crippen LogP contribution in [0.3, 0.4) is 0 Å². The molecule has 0 saturated heterocycles. The highest BCUT2D eigenvalue weighted by Gasteiger charge is 2.17. The zero-order valence-electron chi connectivity index (χ0n) is 15.1. The number of hydrogen-bond donors (Lipinski definition) is 3. The number of nitrogens with zero attached hydrogens (tertiary/aromatic N) is 1. The Morgan fingerprint density at radius 1 is 1.12 bits per heavy atom. The molecule has 2 rings (SSSR count). The summed E-state index contributed by atoms with van der Waals surface area (Å²) >= 11 is 1.59. The molecule has 0 radical (unpaired) electrons. The highest BCUT2D eigenvalue weighted by Crippen LogP contribution is 2.24. The molecule has 6 nitrogen and oxygen atoms in total. The van der Waals surface area contributed by atoms with Crippen LogP contribution >= 0.6 is 11.3 Å². The molecule has 0 aliphatic heterocycles. The number of nitrogens with one attached hydrogen (secondary N) is 3. The van der Waals surface area contributed by atoms with Crippen LogP contribution in [0.5, 0.6) is 0 Å². The van der Waals surface area contributed by atoms with E-state index in [0.717, 1.165) is 21.1 Å². The van der Waals surface area contributed by atoms with E-state index in [1.54, 1.807) is 11.3 Å². The van der Waals surface area contributed by atoms with E-state index in [0.29, 0.717) is 5.69 Å². The lowest BCUT2D eigenvalue weighted by atomic mass is 10.1. The van der Waals surface area contributed by atoms with Gasteiger partial charge in [-0.2, -0.15) is 0 Å². The van der Waals surface area contributed by atoms with Crippen molar-refractivity contribution >= 4 is 29.0 Å². The van der Waals surface area contributed by atoms with Gasteiger partial charge in [0.15, 0.2) is 0 Å². The van der Waals surface area contributed by atoms with Gasteiger partial charge in [-0.3, -0.25) is 4.79 Å². The number of benzene rings is 1. The summed E-state index contributed by atoms with van der Waals surface area (Å²) in [5, 5.41) is 9.61. The number of urea groups is 1. The van der Waals surface area contributed by atoms with Crippen molar-refractivity contribution in [3.63, 3.8) is 0 Å². The smallest absolute Gasteiger partial charge is 0.315 e. The third kappa shape index (κ3) is 5.29. The molecule has 7 heteroatoms. The van der Waals surface area contributed by atoms with Gasteiger partial charge < -0.3 is 16.0 Å². The quantitative estimate of drug-likeness (QED) is 0.757. The fourth-order valence-corrected chi connectivity index (χ4v) is 3.55. The topological polar surface area (TPSA) is 83.1 Å². The SMILES string of the molecule is CC(=O)Nc1cccc(C(C)NC(=O)NC(C)c2sc(C)nc2C)c1. The number of thiazole rings is 1. The second-order valence-electron chi connectivity index (χ2n) is 6.05. The number of carbonyl (C=O) groups is 2. The Balaban J connectivity index is 1.98. The largest absolute Gasteiger partial charge is 0.332 e. The molecule has 1 aromatic heterocycles. The molecule has 0 spiro atoms. The fraction of sp³-hybridized carbons (Fsp3) is 0.389. The Hall–Kier alpha value is -2.41. The maximum atomic E-state index is 12.3. The molecule has 0 fully saturated rings. The number of anilines is 1. The Morgan fingerprint density at radius 3 is 2.40 bits per heavy atom. The Kier molecular flexibility index (Phi) is 6.14. The first-order chi connectivity index (χ1) is 11.8. The predicted octanol–water partition coefficient (Wildman–Crippen LogP) is 3.84. The molecular formula is C18H24N4O2S. The van der Waals surface area contributed by atoms with Crippen molar-refractivity contribution in [1.82, 2.24) is 15.6 Å². The Labute approximate surface area is 152 Å². The van der Waals surface area contributed by atoms with Gasteiger partial charge in [0, 0.05) is 17.5 Å². The summed E-state index contributed by atoms with van der Waals surface area (Å²) in [7, 11) is 0. The first kappa shape index (κ1) is 18.9. The maximum Gasteiger partial charge on any atom is 0.315 e. The van der Waals surface area contributed by atoms with E-state index >= 15 is 0 Å². The number of amides is 3. The predicted molar refractivity (Wildman–Crippen MR) is 101 cm³/mol. The van der Waals surface area contributed by atoms with Crippen molar-refractivity contribution in [2.24, 2.45) is 0 Å². The monoisotopic (exact) mass is 360 g/mol. The summed E-state index contributed by atoms with van der Waals surface area (Å²) in [5.41, 5.74) is 2.58. The summed E-state index contributed by atoms with van der Waals surface area (Å²) in [6, 6.07) is 6.89. The molecule has 3 N–H and O–H groups in total. The van der Waals surface area contributed by atoms with Crippen LogP contribution in [0.4, 0.5) is 10.5 Å². The molecule has 0 aliphatic rings. The molecule has 1 aromatic carbocycles. The molecule has 3 amide bonds.